The van der Waals surface area contributed by atoms with Crippen molar-refractivity contribution in [2.24, 2.45) is 0 Å². The zero-order chi connectivity index (χ0) is 27.9. The highest BCUT2D eigenvalue weighted by atomic mass is 35.5. The van der Waals surface area contributed by atoms with Crippen molar-refractivity contribution in [2.75, 3.05) is 41.7 Å². The lowest BCUT2D eigenvalue weighted by Gasteiger charge is -2.28. The average molecular weight is 552 g/mol. The molecule has 8 nitrogen and oxygen atoms in total. The molecule has 2 aromatic carbocycles. The van der Waals surface area contributed by atoms with E-state index in [1.54, 1.807) is 12.4 Å². The lowest BCUT2D eigenvalue weighted by Crippen LogP contribution is -2.43. The third-order valence-electron chi connectivity index (χ3n) is 6.52. The van der Waals surface area contributed by atoms with Gasteiger partial charge in [0, 0.05) is 67.6 Å². The molecule has 40 heavy (non-hydrogen) atoms. The number of carbonyl (C=O) groups is 1. The van der Waals surface area contributed by atoms with Crippen LogP contribution in [0.1, 0.15) is 17.0 Å². The van der Waals surface area contributed by atoms with Crippen LogP contribution in [0.25, 0.3) is 17.0 Å². The Bertz CT molecular complexity index is 1530. The second-order valence-electron chi connectivity index (χ2n) is 9.37. The maximum atomic E-state index is 11.5. The summed E-state index contributed by atoms with van der Waals surface area (Å²) < 4.78 is 0. The van der Waals surface area contributed by atoms with Crippen LogP contribution in [0.2, 0.25) is 5.02 Å². The molecular formula is C31H30ClN7O. The van der Waals surface area contributed by atoms with Gasteiger partial charge in [0.05, 0.1) is 10.7 Å². The number of nitrogens with one attached hydrogen (secondary N) is 3. The summed E-state index contributed by atoms with van der Waals surface area (Å²) in [6.07, 6.45) is 5.24. The highest BCUT2D eigenvalue weighted by Crippen LogP contribution is 2.28. The van der Waals surface area contributed by atoms with Gasteiger partial charge in [0.2, 0.25) is 5.91 Å². The van der Waals surface area contributed by atoms with Gasteiger partial charge in [-0.05, 0) is 53.6 Å². The van der Waals surface area contributed by atoms with Crippen LogP contribution in [-0.2, 0) is 11.2 Å². The molecule has 1 aliphatic heterocycles. The van der Waals surface area contributed by atoms with E-state index in [0.29, 0.717) is 28.6 Å². The second kappa shape index (κ2) is 12.5. The molecule has 0 radical (unpaired) electrons. The fourth-order valence-electron chi connectivity index (χ4n) is 4.46. The number of nitrogens with zero attached hydrogens (tertiary/aromatic N) is 4. The van der Waals surface area contributed by atoms with Crippen molar-refractivity contribution in [3.8, 4) is 11.3 Å². The van der Waals surface area contributed by atoms with Crippen LogP contribution < -0.4 is 20.9 Å². The third kappa shape index (κ3) is 6.72. The van der Waals surface area contributed by atoms with E-state index in [0.717, 1.165) is 60.1 Å². The minimum atomic E-state index is -0.251. The van der Waals surface area contributed by atoms with Gasteiger partial charge in [-0.3, -0.25) is 4.79 Å². The number of anilines is 3. The standard InChI is InChI=1S/C31H30ClN7O/c1-3-30(40)37-25-9-7-23(8-10-25)21(2)36-26-6-4-5-22(17-26)18-28-35-20-27(32)31(38-28)24-11-12-34-29(19-24)39-15-13-33-14-16-39/h3-12,17,19-20,33,36H,1-2,13-16,18H2,(H,37,40). The van der Waals surface area contributed by atoms with Crippen molar-refractivity contribution in [2.45, 2.75) is 6.42 Å². The first kappa shape index (κ1) is 27.1. The monoisotopic (exact) mass is 551 g/mol. The lowest BCUT2D eigenvalue weighted by molar-refractivity contribution is -0.111. The minimum Gasteiger partial charge on any atom is -0.356 e. The highest BCUT2D eigenvalue weighted by molar-refractivity contribution is 6.32. The maximum Gasteiger partial charge on any atom is 0.247 e. The van der Waals surface area contributed by atoms with Gasteiger partial charge in [0.1, 0.15) is 11.6 Å². The predicted octanol–water partition coefficient (Wildman–Crippen LogP) is 5.40. The van der Waals surface area contributed by atoms with E-state index < -0.39 is 0 Å². The van der Waals surface area contributed by atoms with Gasteiger partial charge in [0.15, 0.2) is 0 Å². The molecule has 0 unspecified atom stereocenters. The first-order chi connectivity index (χ1) is 19.5. The topological polar surface area (TPSA) is 95.1 Å². The molecule has 3 heterocycles. The second-order valence-corrected chi connectivity index (χ2v) is 9.78. The van der Waals surface area contributed by atoms with Gasteiger partial charge in [-0.15, -0.1) is 0 Å². The normalized spacial score (nSPS) is 13.0. The fraction of sp³-hybridized carbons (Fsp3) is 0.161. The molecule has 1 amide bonds. The summed E-state index contributed by atoms with van der Waals surface area (Å²) in [6.45, 7) is 11.3. The molecule has 0 atom stereocenters. The fourth-order valence-corrected chi connectivity index (χ4v) is 4.66. The van der Waals surface area contributed by atoms with E-state index in [-0.39, 0.29) is 5.91 Å². The van der Waals surface area contributed by atoms with Gasteiger partial charge in [-0.25, -0.2) is 15.0 Å². The number of halogens is 1. The molecule has 9 heteroatoms. The molecule has 0 spiro atoms. The number of hydrogen-bond acceptors (Lipinski definition) is 7. The molecule has 5 rings (SSSR count). The van der Waals surface area contributed by atoms with Crippen molar-refractivity contribution < 1.29 is 4.79 Å². The number of carbonyl (C=O) groups excluding carboxylic acids is 1. The molecule has 4 aromatic rings. The first-order valence-electron chi connectivity index (χ1n) is 13.0. The zero-order valence-electron chi connectivity index (χ0n) is 22.0. The number of pyridine rings is 1. The van der Waals surface area contributed by atoms with Gasteiger partial charge in [0.25, 0.3) is 0 Å². The predicted molar refractivity (Wildman–Crippen MR) is 163 cm³/mol. The number of piperazine rings is 1. The van der Waals surface area contributed by atoms with E-state index in [1.807, 2.05) is 54.6 Å². The maximum absolute atomic E-state index is 11.5. The number of rotatable bonds is 9. The quantitative estimate of drug-likeness (QED) is 0.240. The Morgan fingerprint density at radius 1 is 1.02 bits per heavy atom. The van der Waals surface area contributed by atoms with Crippen molar-refractivity contribution in [1.29, 1.82) is 0 Å². The van der Waals surface area contributed by atoms with Crippen molar-refractivity contribution in [1.82, 2.24) is 20.3 Å². The van der Waals surface area contributed by atoms with Crippen LogP contribution in [0.15, 0.2) is 92.3 Å². The van der Waals surface area contributed by atoms with E-state index in [9.17, 15) is 4.79 Å². The summed E-state index contributed by atoms with van der Waals surface area (Å²) in [6, 6.07) is 19.5. The van der Waals surface area contributed by atoms with E-state index in [4.69, 9.17) is 16.6 Å². The number of amides is 1. The molecule has 202 valence electrons. The first-order valence-corrected chi connectivity index (χ1v) is 13.4. The van der Waals surface area contributed by atoms with Gasteiger partial charge < -0.3 is 20.9 Å². The Labute approximate surface area is 238 Å². The summed E-state index contributed by atoms with van der Waals surface area (Å²) in [5.41, 5.74) is 5.89. The van der Waals surface area contributed by atoms with Crippen LogP contribution in [0.4, 0.5) is 17.2 Å². The Balaban J connectivity index is 1.28. The number of aromatic nitrogens is 3. The van der Waals surface area contributed by atoms with Crippen LogP contribution in [0, 0.1) is 0 Å². The Morgan fingerprint density at radius 2 is 1.82 bits per heavy atom. The van der Waals surface area contributed by atoms with Crippen LogP contribution >= 0.6 is 11.6 Å². The van der Waals surface area contributed by atoms with Crippen molar-refractivity contribution >= 4 is 40.4 Å². The summed E-state index contributed by atoms with van der Waals surface area (Å²) in [7, 11) is 0. The van der Waals surface area contributed by atoms with Gasteiger partial charge >= 0.3 is 0 Å². The van der Waals surface area contributed by atoms with Crippen molar-refractivity contribution in [3.63, 3.8) is 0 Å². The molecule has 1 fully saturated rings. The van der Waals surface area contributed by atoms with Gasteiger partial charge in [-0.1, -0.05) is 49.0 Å². The molecule has 0 aliphatic carbocycles. The van der Waals surface area contributed by atoms with Gasteiger partial charge in [-0.2, -0.15) is 0 Å². The Morgan fingerprint density at radius 3 is 2.60 bits per heavy atom. The summed E-state index contributed by atoms with van der Waals surface area (Å²) in [5.74, 6) is 1.34. The van der Waals surface area contributed by atoms with E-state index in [2.05, 4.69) is 50.0 Å². The molecule has 2 aromatic heterocycles. The largest absolute Gasteiger partial charge is 0.356 e. The summed E-state index contributed by atoms with van der Waals surface area (Å²) in [4.78, 5) is 27.6. The summed E-state index contributed by atoms with van der Waals surface area (Å²) >= 11 is 6.54. The lowest BCUT2D eigenvalue weighted by atomic mass is 10.1. The number of hydrogen-bond donors (Lipinski definition) is 3. The van der Waals surface area contributed by atoms with Crippen LogP contribution in [0.3, 0.4) is 0 Å². The zero-order valence-corrected chi connectivity index (χ0v) is 22.8. The van der Waals surface area contributed by atoms with Crippen LogP contribution in [-0.4, -0.2) is 47.0 Å². The SMILES string of the molecule is C=CC(=O)Nc1ccc(C(=C)Nc2cccc(Cc3ncc(Cl)c(-c4ccnc(N5CCNCC5)c4)n3)c2)cc1. The molecular weight excluding hydrogens is 522 g/mol. The van der Waals surface area contributed by atoms with Crippen LogP contribution in [0.5, 0.6) is 0 Å². The van der Waals surface area contributed by atoms with E-state index in [1.165, 1.54) is 6.08 Å². The Hall–Kier alpha value is -4.53. The average Bonchev–Trinajstić information content (AvgIpc) is 2.99. The highest BCUT2D eigenvalue weighted by Gasteiger charge is 2.15. The van der Waals surface area contributed by atoms with E-state index >= 15 is 0 Å². The van der Waals surface area contributed by atoms with Crippen molar-refractivity contribution in [3.05, 3.63) is 114 Å². The molecule has 1 aliphatic rings. The smallest absolute Gasteiger partial charge is 0.247 e. The minimum absolute atomic E-state index is 0.251. The Kier molecular flexibility index (Phi) is 8.49. The summed E-state index contributed by atoms with van der Waals surface area (Å²) in [5, 5.41) is 9.97. The molecule has 0 saturated carbocycles. The molecule has 3 N–H and O–H groups in total. The third-order valence-corrected chi connectivity index (χ3v) is 6.80. The molecule has 1 saturated heterocycles. The number of benzene rings is 2. The molecule has 0 bridgehead atoms.